The van der Waals surface area contributed by atoms with Gasteiger partial charge in [0, 0.05) is 11.8 Å². The van der Waals surface area contributed by atoms with Crippen molar-refractivity contribution in [2.45, 2.75) is 18.0 Å². The summed E-state index contributed by atoms with van der Waals surface area (Å²) in [6.45, 7) is 1.43. The van der Waals surface area contributed by atoms with E-state index in [1.165, 1.54) is 37.3 Å². The van der Waals surface area contributed by atoms with Crippen LogP contribution in [-0.4, -0.2) is 33.9 Å². The number of aromatic nitrogens is 4. The van der Waals surface area contributed by atoms with E-state index in [2.05, 4.69) is 15.1 Å². The van der Waals surface area contributed by atoms with Crippen LogP contribution in [-0.2, 0) is 16.0 Å². The number of benzene rings is 1. The molecule has 4 aromatic rings. The van der Waals surface area contributed by atoms with E-state index in [0.717, 1.165) is 10.9 Å². The molecule has 32 heavy (non-hydrogen) atoms. The minimum absolute atomic E-state index is 0.0810. The first-order chi connectivity index (χ1) is 15.0. The summed E-state index contributed by atoms with van der Waals surface area (Å²) in [5.41, 5.74) is -0.732. The van der Waals surface area contributed by atoms with Gasteiger partial charge in [-0.1, -0.05) is 30.7 Å². The summed E-state index contributed by atoms with van der Waals surface area (Å²) in [5.74, 6) is -1.01. The summed E-state index contributed by atoms with van der Waals surface area (Å²) in [7, 11) is -3.82. The second-order valence-corrected chi connectivity index (χ2v) is 9.32. The zero-order valence-electron chi connectivity index (χ0n) is 16.2. The van der Waals surface area contributed by atoms with Crippen molar-refractivity contribution >= 4 is 32.3 Å². The van der Waals surface area contributed by atoms with Gasteiger partial charge in [-0.25, -0.2) is 22.5 Å². The molecule has 0 radical (unpaired) electrons. The quantitative estimate of drug-likeness (QED) is 0.377. The molecular weight excluding hydrogens is 472 g/mol. The molecule has 0 saturated heterocycles. The molecule has 0 aliphatic rings. The molecule has 0 spiro atoms. The van der Waals surface area contributed by atoms with Gasteiger partial charge in [0.15, 0.2) is 15.7 Å². The second kappa shape index (κ2) is 7.82. The lowest BCUT2D eigenvalue weighted by molar-refractivity contribution is -0.141. The van der Waals surface area contributed by atoms with Crippen molar-refractivity contribution < 1.29 is 26.0 Å². The predicted octanol–water partition coefficient (Wildman–Crippen LogP) is 5.09. The number of hydrogen-bond donors (Lipinski definition) is 0. The van der Waals surface area contributed by atoms with Crippen LogP contribution in [0.15, 0.2) is 53.6 Å². The van der Waals surface area contributed by atoms with E-state index in [1.807, 2.05) is 0 Å². The summed E-state index contributed by atoms with van der Waals surface area (Å²) in [6, 6.07) is 8.88. The maximum atomic E-state index is 13.7. The van der Waals surface area contributed by atoms with Crippen LogP contribution >= 0.6 is 11.6 Å². The molecule has 0 aliphatic heterocycles. The highest BCUT2D eigenvalue weighted by Crippen LogP contribution is 2.34. The molecule has 4 rings (SSSR count). The number of rotatable bonds is 4. The molecule has 3 heterocycles. The summed E-state index contributed by atoms with van der Waals surface area (Å²) < 4.78 is 79.0. The lowest BCUT2D eigenvalue weighted by Gasteiger charge is -2.12. The Hall–Kier alpha value is -3.05. The van der Waals surface area contributed by atoms with Crippen molar-refractivity contribution in [2.24, 2.45) is 0 Å². The molecule has 0 N–H and O–H groups in total. The van der Waals surface area contributed by atoms with Gasteiger partial charge in [-0.2, -0.15) is 18.3 Å². The number of alkyl halides is 3. The van der Waals surface area contributed by atoms with Crippen molar-refractivity contribution in [1.82, 2.24) is 19.7 Å². The standard InChI is InChI=1S/C20H13ClF4N4O2S/c1-2-32(30,31)16-7-6-14(11-4-3-5-12(22)8-11)27-19(16)29-18(21)13-10-26-17(20(23,24)25)9-15(13)28-29/h3-10H,2H2,1H3. The number of fused-ring (bicyclic) bond motifs is 1. The number of sulfone groups is 1. The van der Waals surface area contributed by atoms with Crippen LogP contribution in [0.2, 0.25) is 5.15 Å². The lowest BCUT2D eigenvalue weighted by atomic mass is 10.1. The molecule has 1 aromatic carbocycles. The van der Waals surface area contributed by atoms with Gasteiger partial charge in [0.25, 0.3) is 0 Å². The van der Waals surface area contributed by atoms with E-state index in [-0.39, 0.29) is 38.2 Å². The van der Waals surface area contributed by atoms with E-state index in [1.54, 1.807) is 6.07 Å². The highest BCUT2D eigenvalue weighted by Gasteiger charge is 2.33. The molecule has 0 unspecified atom stereocenters. The van der Waals surface area contributed by atoms with Crippen molar-refractivity contribution in [3.63, 3.8) is 0 Å². The zero-order chi connectivity index (χ0) is 23.3. The van der Waals surface area contributed by atoms with Gasteiger partial charge in [0.2, 0.25) is 0 Å². The zero-order valence-corrected chi connectivity index (χ0v) is 17.8. The Kier molecular flexibility index (Phi) is 5.41. The molecular formula is C20H13ClF4N4O2S. The third-order valence-electron chi connectivity index (χ3n) is 4.66. The normalized spacial score (nSPS) is 12.4. The Bertz CT molecular complexity index is 1450. The van der Waals surface area contributed by atoms with E-state index >= 15 is 0 Å². The van der Waals surface area contributed by atoms with Crippen LogP contribution in [0.3, 0.4) is 0 Å². The third-order valence-corrected chi connectivity index (χ3v) is 6.78. The molecule has 6 nitrogen and oxygen atoms in total. The molecule has 0 aliphatic carbocycles. The first-order valence-corrected chi connectivity index (χ1v) is 11.2. The highest BCUT2D eigenvalue weighted by atomic mass is 35.5. The van der Waals surface area contributed by atoms with Crippen molar-refractivity contribution in [2.75, 3.05) is 5.75 Å². The van der Waals surface area contributed by atoms with E-state index < -0.39 is 27.5 Å². The molecule has 166 valence electrons. The Balaban J connectivity index is 1.99. The Morgan fingerprint density at radius 2 is 1.88 bits per heavy atom. The van der Waals surface area contributed by atoms with Gasteiger partial charge in [-0.3, -0.25) is 4.98 Å². The van der Waals surface area contributed by atoms with Crippen molar-refractivity contribution in [3.05, 3.63) is 65.3 Å². The van der Waals surface area contributed by atoms with Crippen LogP contribution in [0.1, 0.15) is 12.6 Å². The molecule has 0 bridgehead atoms. The van der Waals surface area contributed by atoms with Crippen molar-refractivity contribution in [1.29, 1.82) is 0 Å². The maximum absolute atomic E-state index is 13.7. The predicted molar refractivity (Wildman–Crippen MR) is 110 cm³/mol. The van der Waals surface area contributed by atoms with E-state index in [4.69, 9.17) is 11.6 Å². The Morgan fingerprint density at radius 3 is 2.53 bits per heavy atom. The van der Waals surface area contributed by atoms with Crippen LogP contribution < -0.4 is 0 Å². The van der Waals surface area contributed by atoms with Crippen LogP contribution in [0.25, 0.3) is 28.0 Å². The number of nitrogens with zero attached hydrogens (tertiary/aromatic N) is 4. The fourth-order valence-electron chi connectivity index (χ4n) is 3.04. The minimum Gasteiger partial charge on any atom is -0.251 e. The minimum atomic E-state index is -4.70. The third kappa shape index (κ3) is 3.93. The van der Waals surface area contributed by atoms with Crippen molar-refractivity contribution in [3.8, 4) is 17.1 Å². The Labute approximate surface area is 184 Å². The number of hydrogen-bond acceptors (Lipinski definition) is 5. The summed E-state index contributed by atoms with van der Waals surface area (Å²) in [6.07, 6.45) is -3.79. The summed E-state index contributed by atoms with van der Waals surface area (Å²) in [4.78, 5) is 7.47. The largest absolute Gasteiger partial charge is 0.433 e. The van der Waals surface area contributed by atoms with Gasteiger partial charge in [0.05, 0.1) is 22.3 Å². The topological polar surface area (TPSA) is 77.7 Å². The highest BCUT2D eigenvalue weighted by molar-refractivity contribution is 7.91. The smallest absolute Gasteiger partial charge is 0.251 e. The first-order valence-electron chi connectivity index (χ1n) is 9.13. The Morgan fingerprint density at radius 1 is 1.12 bits per heavy atom. The SMILES string of the molecule is CCS(=O)(=O)c1ccc(-c2cccc(F)c2)nc1-n1nc2cc(C(F)(F)F)ncc2c1Cl. The summed E-state index contributed by atoms with van der Waals surface area (Å²) in [5, 5.41) is 3.97. The molecule has 0 atom stereocenters. The molecule has 0 saturated carbocycles. The van der Waals surface area contributed by atoms with Gasteiger partial charge >= 0.3 is 6.18 Å². The average molecular weight is 485 g/mol. The number of pyridine rings is 2. The van der Waals surface area contributed by atoms with Gasteiger partial charge < -0.3 is 0 Å². The van der Waals surface area contributed by atoms with Gasteiger partial charge in [-0.15, -0.1) is 0 Å². The van der Waals surface area contributed by atoms with Crippen LogP contribution in [0.4, 0.5) is 17.6 Å². The number of halogens is 5. The average Bonchev–Trinajstić information content (AvgIpc) is 3.08. The molecule has 3 aromatic heterocycles. The lowest BCUT2D eigenvalue weighted by Crippen LogP contribution is -2.12. The second-order valence-electron chi connectivity index (χ2n) is 6.72. The fraction of sp³-hybridized carbons (Fsp3) is 0.150. The summed E-state index contributed by atoms with van der Waals surface area (Å²) >= 11 is 6.33. The van der Waals surface area contributed by atoms with E-state index in [9.17, 15) is 26.0 Å². The van der Waals surface area contributed by atoms with Crippen LogP contribution in [0.5, 0.6) is 0 Å². The molecule has 0 amide bonds. The maximum Gasteiger partial charge on any atom is 0.433 e. The monoisotopic (exact) mass is 484 g/mol. The molecule has 0 fully saturated rings. The van der Waals surface area contributed by atoms with Gasteiger partial charge in [0.1, 0.15) is 21.6 Å². The molecule has 12 heteroatoms. The van der Waals surface area contributed by atoms with Crippen LogP contribution in [0, 0.1) is 5.82 Å². The fourth-order valence-corrected chi connectivity index (χ4v) is 4.30. The first kappa shape index (κ1) is 22.2. The van der Waals surface area contributed by atoms with E-state index in [0.29, 0.717) is 11.6 Å². The van der Waals surface area contributed by atoms with Gasteiger partial charge in [-0.05, 0) is 30.3 Å².